The van der Waals surface area contributed by atoms with Crippen molar-refractivity contribution in [3.63, 3.8) is 0 Å². The minimum absolute atomic E-state index is 0.0269. The van der Waals surface area contributed by atoms with Gasteiger partial charge in [-0.25, -0.2) is 10.1 Å². The van der Waals surface area contributed by atoms with Gasteiger partial charge in [-0.15, -0.1) is 0 Å². The molecule has 0 radical (unpaired) electrons. The van der Waals surface area contributed by atoms with E-state index in [0.29, 0.717) is 36.8 Å². The van der Waals surface area contributed by atoms with E-state index < -0.39 is 23.4 Å². The van der Waals surface area contributed by atoms with Crippen LogP contribution in [0.1, 0.15) is 28.7 Å². The van der Waals surface area contributed by atoms with E-state index in [1.54, 1.807) is 6.07 Å². The molecular weight excluding hydrogens is 423 g/mol. The second kappa shape index (κ2) is 7.77. The van der Waals surface area contributed by atoms with Gasteiger partial charge in [0.05, 0.1) is 35.9 Å². The maximum absolute atomic E-state index is 13.5. The molecule has 0 aliphatic carbocycles. The lowest BCUT2D eigenvalue weighted by Gasteiger charge is -2.31. The zero-order chi connectivity index (χ0) is 21.5. The highest BCUT2D eigenvalue weighted by atomic mass is 35.5. The summed E-state index contributed by atoms with van der Waals surface area (Å²) in [6.45, 7) is 1.22. The number of nitrogens with one attached hydrogen (secondary N) is 1. The third-order valence-corrected chi connectivity index (χ3v) is 5.43. The average molecular weight is 440 g/mol. The van der Waals surface area contributed by atoms with Gasteiger partial charge in [0.15, 0.2) is 0 Å². The van der Waals surface area contributed by atoms with Gasteiger partial charge in [0, 0.05) is 20.2 Å². The van der Waals surface area contributed by atoms with Gasteiger partial charge in [-0.3, -0.25) is 4.79 Å². The number of imidazole rings is 1. The van der Waals surface area contributed by atoms with Crippen molar-refractivity contribution in [2.45, 2.75) is 25.4 Å². The predicted molar refractivity (Wildman–Crippen MR) is 103 cm³/mol. The zero-order valence-electron chi connectivity index (χ0n) is 15.8. The van der Waals surface area contributed by atoms with E-state index in [1.807, 2.05) is 9.47 Å². The number of halogens is 4. The summed E-state index contributed by atoms with van der Waals surface area (Å²) in [7, 11) is 1.37. The van der Waals surface area contributed by atoms with Crippen molar-refractivity contribution in [3.05, 3.63) is 74.7 Å². The lowest BCUT2D eigenvalue weighted by molar-refractivity contribution is -0.139. The quantitative estimate of drug-likeness (QED) is 0.674. The molecule has 0 spiro atoms. The maximum atomic E-state index is 13.5. The van der Waals surface area contributed by atoms with Crippen molar-refractivity contribution >= 4 is 17.3 Å². The molecule has 1 N–H and O–H groups in total. The molecule has 0 saturated carbocycles. The van der Waals surface area contributed by atoms with E-state index in [2.05, 4.69) is 15.2 Å². The summed E-state index contributed by atoms with van der Waals surface area (Å²) >= 11 is 6.09. The van der Waals surface area contributed by atoms with Crippen LogP contribution in [0.15, 0.2) is 41.5 Å². The Bertz CT molecular complexity index is 1130. The molecule has 158 valence electrons. The highest BCUT2D eigenvalue weighted by Crippen LogP contribution is 2.38. The van der Waals surface area contributed by atoms with Crippen molar-refractivity contribution < 1.29 is 17.9 Å². The fourth-order valence-corrected chi connectivity index (χ4v) is 3.89. The molecule has 0 fully saturated rings. The van der Waals surface area contributed by atoms with Crippen LogP contribution in [0.3, 0.4) is 0 Å². The molecule has 30 heavy (non-hydrogen) atoms. The third kappa shape index (κ3) is 3.56. The van der Waals surface area contributed by atoms with Crippen molar-refractivity contribution in [1.29, 1.82) is 0 Å². The number of benzene rings is 1. The van der Waals surface area contributed by atoms with Crippen LogP contribution in [0.4, 0.5) is 18.9 Å². The Balaban J connectivity index is 1.69. The molecule has 0 saturated heterocycles. The van der Waals surface area contributed by atoms with Crippen molar-refractivity contribution in [2.75, 3.05) is 18.6 Å². The van der Waals surface area contributed by atoms with E-state index in [1.165, 1.54) is 31.6 Å². The van der Waals surface area contributed by atoms with Gasteiger partial charge in [0.25, 0.3) is 5.56 Å². The summed E-state index contributed by atoms with van der Waals surface area (Å²) in [6, 6.07) is 5.35. The van der Waals surface area contributed by atoms with Gasteiger partial charge in [0.1, 0.15) is 17.0 Å². The molecular formula is C19H17ClF3N5O2. The number of aromatic amines is 1. The Hall–Kier alpha value is -2.85. The van der Waals surface area contributed by atoms with Crippen LogP contribution in [-0.4, -0.2) is 33.4 Å². The summed E-state index contributed by atoms with van der Waals surface area (Å²) in [4.78, 5) is 18.0. The number of methoxy groups -OCH3 is 1. The van der Waals surface area contributed by atoms with Gasteiger partial charge >= 0.3 is 6.18 Å². The Morgan fingerprint density at radius 2 is 2.00 bits per heavy atom. The Labute approximate surface area is 174 Å². The Morgan fingerprint density at radius 1 is 1.23 bits per heavy atom. The fraction of sp³-hybridized carbons (Fsp3) is 0.316. The molecule has 0 bridgehead atoms. The van der Waals surface area contributed by atoms with E-state index in [9.17, 15) is 18.0 Å². The summed E-state index contributed by atoms with van der Waals surface area (Å²) in [5.74, 6) is 0.624. The molecule has 1 aromatic carbocycles. The fourth-order valence-electron chi connectivity index (χ4n) is 3.68. The number of nitrogens with zero attached hydrogens (tertiary/aromatic N) is 4. The number of rotatable bonds is 4. The van der Waals surface area contributed by atoms with E-state index in [4.69, 9.17) is 16.3 Å². The van der Waals surface area contributed by atoms with Crippen LogP contribution in [0.25, 0.3) is 0 Å². The molecule has 1 aliphatic rings. The van der Waals surface area contributed by atoms with E-state index >= 15 is 0 Å². The molecule has 1 unspecified atom stereocenters. The van der Waals surface area contributed by atoms with Gasteiger partial charge < -0.3 is 14.2 Å². The first-order valence-corrected chi connectivity index (χ1v) is 9.40. The number of H-pyrrole nitrogens is 1. The maximum Gasteiger partial charge on any atom is 0.416 e. The highest BCUT2D eigenvalue weighted by Gasteiger charge is 2.36. The standard InChI is InChI=1S/C19H17ClF3N5O2/c1-30-17(11-4-2-3-5-12(11)19(21,22)23)14-8-24-15-10-27(6-7-28(14)15)13-9-25-26-18(29)16(13)20/h2-5,8-9,17H,6-7,10H2,1H3,(H,26,29). The van der Waals surface area contributed by atoms with Gasteiger partial charge in [0.2, 0.25) is 0 Å². The van der Waals surface area contributed by atoms with Crippen LogP contribution < -0.4 is 10.5 Å². The number of alkyl halides is 3. The largest absolute Gasteiger partial charge is 0.416 e. The topological polar surface area (TPSA) is 76.0 Å². The predicted octanol–water partition coefficient (Wildman–Crippen LogP) is 3.39. The van der Waals surface area contributed by atoms with E-state index in [0.717, 1.165) is 6.07 Å². The minimum Gasteiger partial charge on any atom is -0.370 e. The zero-order valence-corrected chi connectivity index (χ0v) is 16.5. The van der Waals surface area contributed by atoms with Crippen molar-refractivity contribution in [1.82, 2.24) is 19.7 Å². The van der Waals surface area contributed by atoms with Crippen LogP contribution in [-0.2, 0) is 24.0 Å². The molecule has 4 rings (SSSR count). The first-order valence-electron chi connectivity index (χ1n) is 9.02. The summed E-state index contributed by atoms with van der Waals surface area (Å²) in [5.41, 5.74) is -0.210. The SMILES string of the molecule is COC(c1ccccc1C(F)(F)F)c1cnc2n1CCN(c1cn[nH]c(=O)c1Cl)C2. The minimum atomic E-state index is -4.50. The molecule has 1 aliphatic heterocycles. The second-order valence-electron chi connectivity index (χ2n) is 6.77. The average Bonchev–Trinajstić information content (AvgIpc) is 3.13. The molecule has 11 heteroatoms. The highest BCUT2D eigenvalue weighted by molar-refractivity contribution is 6.32. The number of ether oxygens (including phenoxy) is 1. The first kappa shape index (κ1) is 20.4. The lowest BCUT2D eigenvalue weighted by atomic mass is 9.99. The summed E-state index contributed by atoms with van der Waals surface area (Å²) in [6.07, 6.45) is -2.45. The molecule has 0 amide bonds. The van der Waals surface area contributed by atoms with Crippen LogP contribution in [0.5, 0.6) is 0 Å². The number of fused-ring (bicyclic) bond motifs is 1. The Morgan fingerprint density at radius 3 is 2.73 bits per heavy atom. The van der Waals surface area contributed by atoms with Crippen molar-refractivity contribution in [3.8, 4) is 0 Å². The summed E-state index contributed by atoms with van der Waals surface area (Å²) in [5, 5.41) is 6.07. The Kier molecular flexibility index (Phi) is 5.29. The van der Waals surface area contributed by atoms with Gasteiger partial charge in [-0.1, -0.05) is 29.8 Å². The molecule has 7 nitrogen and oxygen atoms in total. The number of aromatic nitrogens is 4. The third-order valence-electron chi connectivity index (χ3n) is 5.07. The number of anilines is 1. The van der Waals surface area contributed by atoms with Crippen LogP contribution in [0, 0.1) is 0 Å². The number of hydrogen-bond acceptors (Lipinski definition) is 5. The molecule has 1 atom stereocenters. The van der Waals surface area contributed by atoms with Gasteiger partial charge in [-0.05, 0) is 11.6 Å². The smallest absolute Gasteiger partial charge is 0.370 e. The number of hydrogen-bond donors (Lipinski definition) is 1. The van der Waals surface area contributed by atoms with Crippen LogP contribution in [0.2, 0.25) is 5.02 Å². The first-order chi connectivity index (χ1) is 14.3. The molecule has 2 aromatic heterocycles. The van der Waals surface area contributed by atoms with Crippen molar-refractivity contribution in [2.24, 2.45) is 0 Å². The molecule has 3 heterocycles. The summed E-state index contributed by atoms with van der Waals surface area (Å²) < 4.78 is 47.8. The normalized spacial score (nSPS) is 15.2. The monoisotopic (exact) mass is 439 g/mol. The van der Waals surface area contributed by atoms with E-state index in [-0.39, 0.29) is 10.6 Å². The van der Waals surface area contributed by atoms with Gasteiger partial charge in [-0.2, -0.15) is 18.3 Å². The lowest BCUT2D eigenvalue weighted by Crippen LogP contribution is -2.36. The second-order valence-corrected chi connectivity index (χ2v) is 7.15. The molecule has 3 aromatic rings. The van der Waals surface area contributed by atoms with Crippen LogP contribution >= 0.6 is 11.6 Å².